The molecule has 1 fully saturated rings. The Balaban J connectivity index is 2.09. The van der Waals surface area contributed by atoms with Gasteiger partial charge in [0.1, 0.15) is 0 Å². The summed E-state index contributed by atoms with van der Waals surface area (Å²) in [4.78, 5) is 0. The Labute approximate surface area is 128 Å². The van der Waals surface area contributed by atoms with E-state index in [0.717, 1.165) is 38.0 Å². The second-order valence-corrected chi connectivity index (χ2v) is 6.17. The molecular weight excluding hydrogens is 264 g/mol. The number of nitrogens with one attached hydrogen (secondary N) is 1. The van der Waals surface area contributed by atoms with Gasteiger partial charge in [-0.2, -0.15) is 5.10 Å². The van der Waals surface area contributed by atoms with Crippen molar-refractivity contribution in [3.8, 4) is 0 Å². The average Bonchev–Trinajstić information content (AvgIpc) is 3.14. The van der Waals surface area contributed by atoms with Gasteiger partial charge in [-0.15, -0.1) is 0 Å². The highest BCUT2D eigenvalue weighted by molar-refractivity contribution is 5.07. The number of nitrogens with two attached hydrogens (primary N) is 1. The SMILES string of the molecule is CCOC1(C(Cc2ccn(C(C)CC)n2)NN)CCCC1. The minimum absolute atomic E-state index is 0.121. The Hall–Kier alpha value is -0.910. The van der Waals surface area contributed by atoms with Gasteiger partial charge in [0.25, 0.3) is 0 Å². The van der Waals surface area contributed by atoms with Crippen LogP contribution in [0.5, 0.6) is 0 Å². The summed E-state index contributed by atoms with van der Waals surface area (Å²) in [6, 6.07) is 2.67. The molecular formula is C16H30N4O. The molecule has 1 aromatic heterocycles. The molecule has 0 bridgehead atoms. The van der Waals surface area contributed by atoms with Crippen molar-refractivity contribution < 1.29 is 4.74 Å². The van der Waals surface area contributed by atoms with Crippen molar-refractivity contribution >= 4 is 0 Å². The van der Waals surface area contributed by atoms with E-state index < -0.39 is 0 Å². The summed E-state index contributed by atoms with van der Waals surface area (Å²) in [5.74, 6) is 5.84. The molecule has 1 aliphatic rings. The molecule has 0 saturated heterocycles. The lowest BCUT2D eigenvalue weighted by molar-refractivity contribution is -0.0615. The van der Waals surface area contributed by atoms with Crippen LogP contribution in [0.1, 0.15) is 64.6 Å². The second-order valence-electron chi connectivity index (χ2n) is 6.17. The zero-order valence-electron chi connectivity index (χ0n) is 13.6. The predicted octanol–water partition coefficient (Wildman–Crippen LogP) is 2.58. The van der Waals surface area contributed by atoms with Gasteiger partial charge in [-0.25, -0.2) is 0 Å². The van der Waals surface area contributed by atoms with Crippen LogP contribution in [0.25, 0.3) is 0 Å². The van der Waals surface area contributed by atoms with E-state index >= 15 is 0 Å². The molecule has 1 saturated carbocycles. The number of hydrazine groups is 1. The third kappa shape index (κ3) is 3.65. The van der Waals surface area contributed by atoms with Gasteiger partial charge >= 0.3 is 0 Å². The summed E-state index contributed by atoms with van der Waals surface area (Å²) in [6.45, 7) is 7.16. The molecule has 2 atom stereocenters. The summed E-state index contributed by atoms with van der Waals surface area (Å²) in [6.07, 6.45) is 8.59. The minimum atomic E-state index is -0.121. The standard InChI is InChI=1S/C16H30N4O/c1-4-13(3)20-11-8-14(19-20)12-15(18-17)16(21-5-2)9-6-7-10-16/h8,11,13,15,18H,4-7,9-10,12,17H2,1-3H3. The van der Waals surface area contributed by atoms with Crippen molar-refractivity contribution in [1.29, 1.82) is 0 Å². The smallest absolute Gasteiger partial charge is 0.0851 e. The van der Waals surface area contributed by atoms with Crippen LogP contribution in [-0.4, -0.2) is 28.0 Å². The molecule has 1 heterocycles. The minimum Gasteiger partial charge on any atom is -0.374 e. The van der Waals surface area contributed by atoms with E-state index in [1.165, 1.54) is 12.8 Å². The highest BCUT2D eigenvalue weighted by atomic mass is 16.5. The van der Waals surface area contributed by atoms with Crippen LogP contribution in [0.15, 0.2) is 12.3 Å². The summed E-state index contributed by atoms with van der Waals surface area (Å²) in [5, 5.41) is 4.70. The number of aromatic nitrogens is 2. The van der Waals surface area contributed by atoms with E-state index in [0.29, 0.717) is 6.04 Å². The lowest BCUT2D eigenvalue weighted by Gasteiger charge is -2.36. The number of rotatable bonds is 8. The van der Waals surface area contributed by atoms with Crippen molar-refractivity contribution in [2.75, 3.05) is 6.61 Å². The second kappa shape index (κ2) is 7.38. The Morgan fingerprint density at radius 3 is 2.71 bits per heavy atom. The van der Waals surface area contributed by atoms with Gasteiger partial charge in [-0.1, -0.05) is 19.8 Å². The first-order valence-corrected chi connectivity index (χ1v) is 8.29. The summed E-state index contributed by atoms with van der Waals surface area (Å²) >= 11 is 0. The molecule has 3 N–H and O–H groups in total. The first-order chi connectivity index (χ1) is 10.1. The maximum atomic E-state index is 6.11. The lowest BCUT2D eigenvalue weighted by atomic mass is 9.89. The number of nitrogens with zero attached hydrogens (tertiary/aromatic N) is 2. The van der Waals surface area contributed by atoms with Crippen molar-refractivity contribution in [1.82, 2.24) is 15.2 Å². The van der Waals surface area contributed by atoms with Crippen molar-refractivity contribution in [3.63, 3.8) is 0 Å². The van der Waals surface area contributed by atoms with Gasteiger partial charge in [0, 0.05) is 25.3 Å². The van der Waals surface area contributed by atoms with Crippen LogP contribution in [0.2, 0.25) is 0 Å². The van der Waals surface area contributed by atoms with Crippen LogP contribution in [0.3, 0.4) is 0 Å². The number of hydrogen-bond donors (Lipinski definition) is 2. The fourth-order valence-corrected chi connectivity index (χ4v) is 3.38. The highest BCUT2D eigenvalue weighted by Crippen LogP contribution is 2.37. The molecule has 2 unspecified atom stereocenters. The summed E-state index contributed by atoms with van der Waals surface area (Å²) in [7, 11) is 0. The van der Waals surface area contributed by atoms with Crippen LogP contribution < -0.4 is 11.3 Å². The summed E-state index contributed by atoms with van der Waals surface area (Å²) in [5.41, 5.74) is 3.96. The van der Waals surface area contributed by atoms with Gasteiger partial charge in [0.2, 0.25) is 0 Å². The molecule has 21 heavy (non-hydrogen) atoms. The van der Waals surface area contributed by atoms with E-state index in [2.05, 4.69) is 38.5 Å². The molecule has 5 nitrogen and oxygen atoms in total. The molecule has 1 aliphatic carbocycles. The molecule has 0 aliphatic heterocycles. The van der Waals surface area contributed by atoms with Crippen molar-refractivity contribution in [2.24, 2.45) is 5.84 Å². The van der Waals surface area contributed by atoms with Crippen LogP contribution in [0, 0.1) is 0 Å². The third-order valence-corrected chi connectivity index (χ3v) is 4.84. The zero-order chi connectivity index (χ0) is 15.3. The van der Waals surface area contributed by atoms with E-state index in [1.54, 1.807) is 0 Å². The van der Waals surface area contributed by atoms with Gasteiger partial charge in [-0.05, 0) is 39.2 Å². The monoisotopic (exact) mass is 294 g/mol. The van der Waals surface area contributed by atoms with Gasteiger partial charge < -0.3 is 4.74 Å². The van der Waals surface area contributed by atoms with E-state index in [4.69, 9.17) is 15.7 Å². The quantitative estimate of drug-likeness (QED) is 0.571. The van der Waals surface area contributed by atoms with Crippen LogP contribution >= 0.6 is 0 Å². The van der Waals surface area contributed by atoms with Gasteiger partial charge in [0.05, 0.1) is 17.3 Å². The molecule has 0 amide bonds. The molecule has 5 heteroatoms. The molecule has 0 radical (unpaired) electrons. The van der Waals surface area contributed by atoms with Gasteiger partial charge in [-0.3, -0.25) is 16.0 Å². The van der Waals surface area contributed by atoms with Crippen molar-refractivity contribution in [2.45, 2.75) is 77.0 Å². The maximum absolute atomic E-state index is 6.11. The Kier molecular flexibility index (Phi) is 5.79. The first-order valence-electron chi connectivity index (χ1n) is 8.29. The third-order valence-electron chi connectivity index (χ3n) is 4.84. The fraction of sp³-hybridized carbons (Fsp3) is 0.812. The highest BCUT2D eigenvalue weighted by Gasteiger charge is 2.42. The number of hydrogen-bond acceptors (Lipinski definition) is 4. The number of ether oxygens (including phenoxy) is 1. The zero-order valence-corrected chi connectivity index (χ0v) is 13.6. The lowest BCUT2D eigenvalue weighted by Crippen LogP contribution is -2.54. The first kappa shape index (κ1) is 16.5. The van der Waals surface area contributed by atoms with Gasteiger partial charge in [0.15, 0.2) is 0 Å². The van der Waals surface area contributed by atoms with E-state index in [9.17, 15) is 0 Å². The van der Waals surface area contributed by atoms with E-state index in [-0.39, 0.29) is 11.6 Å². The molecule has 0 spiro atoms. The average molecular weight is 294 g/mol. The van der Waals surface area contributed by atoms with Crippen LogP contribution in [-0.2, 0) is 11.2 Å². The summed E-state index contributed by atoms with van der Waals surface area (Å²) < 4.78 is 8.16. The topological polar surface area (TPSA) is 65.1 Å². The van der Waals surface area contributed by atoms with Crippen LogP contribution in [0.4, 0.5) is 0 Å². The Morgan fingerprint density at radius 2 is 2.14 bits per heavy atom. The molecule has 120 valence electrons. The normalized spacial score (nSPS) is 20.6. The maximum Gasteiger partial charge on any atom is 0.0851 e. The predicted molar refractivity (Wildman–Crippen MR) is 84.9 cm³/mol. The molecule has 0 aromatic carbocycles. The van der Waals surface area contributed by atoms with E-state index in [1.807, 2.05) is 4.68 Å². The molecule has 1 aromatic rings. The van der Waals surface area contributed by atoms with Crippen molar-refractivity contribution in [3.05, 3.63) is 18.0 Å². The molecule has 2 rings (SSSR count). The Morgan fingerprint density at radius 1 is 1.43 bits per heavy atom. The fourth-order valence-electron chi connectivity index (χ4n) is 3.38. The largest absolute Gasteiger partial charge is 0.374 e. The Bertz CT molecular complexity index is 426.